The van der Waals surface area contributed by atoms with Gasteiger partial charge in [-0.25, -0.2) is 18.2 Å². The van der Waals surface area contributed by atoms with Gasteiger partial charge in [0.25, 0.3) is 0 Å². The zero-order chi connectivity index (χ0) is 16.6. The van der Waals surface area contributed by atoms with Crippen LogP contribution in [0.5, 0.6) is 0 Å². The predicted octanol–water partition coefficient (Wildman–Crippen LogP) is 1.14. The van der Waals surface area contributed by atoms with Crippen molar-refractivity contribution in [3.8, 4) is 0 Å². The molecule has 0 aromatic carbocycles. The van der Waals surface area contributed by atoms with E-state index in [1.807, 2.05) is 17.8 Å². The summed E-state index contributed by atoms with van der Waals surface area (Å²) in [6, 6.07) is -0.730. The fourth-order valence-electron chi connectivity index (χ4n) is 3.13. The first kappa shape index (κ1) is 16.3. The molecule has 2 amide bonds. The third-order valence-electron chi connectivity index (χ3n) is 4.82. The molecular formula is C15H24N4O3S. The summed E-state index contributed by atoms with van der Waals surface area (Å²) < 4.78 is 25.8. The lowest BCUT2D eigenvalue weighted by atomic mass is 10.1. The maximum atomic E-state index is 12.3. The highest BCUT2D eigenvalue weighted by Crippen LogP contribution is 2.40. The van der Waals surface area contributed by atoms with Gasteiger partial charge in [-0.1, -0.05) is 0 Å². The van der Waals surface area contributed by atoms with Crippen LogP contribution in [0.2, 0.25) is 0 Å². The van der Waals surface area contributed by atoms with Crippen molar-refractivity contribution < 1.29 is 13.2 Å². The first-order valence-electron chi connectivity index (χ1n) is 8.12. The minimum atomic E-state index is -3.10. The normalized spacial score (nSPS) is 28.1. The SMILES string of the molecule is CC1CCC(NC(=O)NC(c2nccn2C)C2CC2)CS1(=O)=O. The number of carbonyl (C=O) groups is 1. The van der Waals surface area contributed by atoms with E-state index in [0.29, 0.717) is 18.8 Å². The number of amides is 2. The molecule has 1 aromatic rings. The van der Waals surface area contributed by atoms with Crippen molar-refractivity contribution in [3.05, 3.63) is 18.2 Å². The number of nitrogens with zero attached hydrogens (tertiary/aromatic N) is 2. The molecule has 8 heteroatoms. The molecule has 2 heterocycles. The van der Waals surface area contributed by atoms with E-state index in [9.17, 15) is 13.2 Å². The van der Waals surface area contributed by atoms with Crippen molar-refractivity contribution in [3.63, 3.8) is 0 Å². The van der Waals surface area contributed by atoms with Gasteiger partial charge in [-0.15, -0.1) is 0 Å². The summed E-state index contributed by atoms with van der Waals surface area (Å²) in [4.78, 5) is 16.6. The molecule has 128 valence electrons. The van der Waals surface area contributed by atoms with Gasteiger partial charge < -0.3 is 15.2 Å². The Morgan fingerprint density at radius 2 is 2.09 bits per heavy atom. The Balaban J connectivity index is 1.61. The summed E-state index contributed by atoms with van der Waals surface area (Å²) in [5, 5.41) is 5.49. The maximum absolute atomic E-state index is 12.3. The van der Waals surface area contributed by atoms with E-state index in [1.54, 1.807) is 13.1 Å². The molecule has 7 nitrogen and oxygen atoms in total. The average Bonchev–Trinajstić information content (AvgIpc) is 3.22. The summed E-state index contributed by atoms with van der Waals surface area (Å²) in [6.45, 7) is 1.73. The summed E-state index contributed by atoms with van der Waals surface area (Å²) in [7, 11) is -1.19. The maximum Gasteiger partial charge on any atom is 0.315 e. The molecule has 1 aromatic heterocycles. The number of sulfone groups is 1. The quantitative estimate of drug-likeness (QED) is 0.859. The lowest BCUT2D eigenvalue weighted by Gasteiger charge is -2.28. The minimum absolute atomic E-state index is 0.0259. The van der Waals surface area contributed by atoms with Gasteiger partial charge in [0.05, 0.1) is 17.0 Å². The molecule has 1 saturated carbocycles. The van der Waals surface area contributed by atoms with Crippen LogP contribution in [0, 0.1) is 5.92 Å². The highest BCUT2D eigenvalue weighted by molar-refractivity contribution is 7.92. The van der Waals surface area contributed by atoms with Crippen LogP contribution in [0.25, 0.3) is 0 Å². The van der Waals surface area contributed by atoms with Gasteiger partial charge in [-0.05, 0) is 38.5 Å². The zero-order valence-electron chi connectivity index (χ0n) is 13.5. The van der Waals surface area contributed by atoms with Gasteiger partial charge in [0.15, 0.2) is 9.84 Å². The first-order valence-corrected chi connectivity index (χ1v) is 9.84. The Kier molecular flexibility index (Phi) is 4.35. The molecule has 23 heavy (non-hydrogen) atoms. The highest BCUT2D eigenvalue weighted by atomic mass is 32.2. The first-order chi connectivity index (χ1) is 10.9. The van der Waals surface area contributed by atoms with Crippen LogP contribution in [-0.2, 0) is 16.9 Å². The monoisotopic (exact) mass is 340 g/mol. The number of carbonyl (C=O) groups excluding carboxylic acids is 1. The molecule has 0 radical (unpaired) electrons. The Bertz CT molecular complexity index is 681. The number of imidazole rings is 1. The molecule has 2 fully saturated rings. The van der Waals surface area contributed by atoms with Gasteiger partial charge >= 0.3 is 6.03 Å². The largest absolute Gasteiger partial charge is 0.336 e. The van der Waals surface area contributed by atoms with Crippen molar-refractivity contribution in [1.29, 1.82) is 0 Å². The van der Waals surface area contributed by atoms with Gasteiger partial charge in [0, 0.05) is 25.5 Å². The van der Waals surface area contributed by atoms with E-state index in [4.69, 9.17) is 0 Å². The Morgan fingerprint density at radius 1 is 1.35 bits per heavy atom. The smallest absolute Gasteiger partial charge is 0.315 e. The van der Waals surface area contributed by atoms with E-state index < -0.39 is 9.84 Å². The number of aromatic nitrogens is 2. The number of nitrogens with one attached hydrogen (secondary N) is 2. The minimum Gasteiger partial charge on any atom is -0.336 e. The van der Waals surface area contributed by atoms with E-state index in [2.05, 4.69) is 15.6 Å². The van der Waals surface area contributed by atoms with Crippen molar-refractivity contribution >= 4 is 15.9 Å². The Labute approximate surface area is 136 Å². The summed E-state index contributed by atoms with van der Waals surface area (Å²) in [6.07, 6.45) is 7.03. The standard InChI is InChI=1S/C15H24N4O3S/c1-10-3-6-12(9-23(10,21)22)17-15(20)18-13(11-4-5-11)14-16-7-8-19(14)2/h7-8,10-13H,3-6,9H2,1-2H3,(H2,17,18,20). The lowest BCUT2D eigenvalue weighted by molar-refractivity contribution is 0.230. The third-order valence-corrected chi connectivity index (χ3v) is 7.15. The van der Waals surface area contributed by atoms with Gasteiger partial charge in [-0.3, -0.25) is 0 Å². The second-order valence-corrected chi connectivity index (χ2v) is 9.21. The highest BCUT2D eigenvalue weighted by Gasteiger charge is 2.37. The van der Waals surface area contributed by atoms with Crippen LogP contribution in [-0.4, -0.2) is 41.0 Å². The Morgan fingerprint density at radius 3 is 2.65 bits per heavy atom. The van der Waals surface area contributed by atoms with E-state index >= 15 is 0 Å². The Hall–Kier alpha value is -1.57. The molecule has 3 rings (SSSR count). The molecule has 0 spiro atoms. The van der Waals surface area contributed by atoms with Crippen LogP contribution in [0.15, 0.2) is 12.4 Å². The lowest BCUT2D eigenvalue weighted by Crippen LogP contribution is -2.50. The fraction of sp³-hybridized carbons (Fsp3) is 0.733. The van der Waals surface area contributed by atoms with Crippen molar-refractivity contribution in [2.75, 3.05) is 5.75 Å². The molecule has 1 saturated heterocycles. The molecule has 2 N–H and O–H groups in total. The number of hydrogen-bond donors (Lipinski definition) is 2. The number of rotatable bonds is 4. The van der Waals surface area contributed by atoms with E-state index in [0.717, 1.165) is 18.7 Å². The average molecular weight is 340 g/mol. The van der Waals surface area contributed by atoms with E-state index in [1.165, 1.54) is 0 Å². The number of hydrogen-bond acceptors (Lipinski definition) is 4. The second-order valence-electron chi connectivity index (χ2n) is 6.74. The molecule has 3 unspecified atom stereocenters. The van der Waals surface area contributed by atoms with Crippen LogP contribution >= 0.6 is 0 Å². The molecular weight excluding hydrogens is 316 g/mol. The van der Waals surface area contributed by atoms with Gasteiger partial charge in [0.1, 0.15) is 5.82 Å². The van der Waals surface area contributed by atoms with Crippen LogP contribution in [0.4, 0.5) is 4.79 Å². The molecule has 3 atom stereocenters. The summed E-state index contributed by atoms with van der Waals surface area (Å²) in [5.41, 5.74) is 0. The third kappa shape index (κ3) is 3.68. The number of urea groups is 1. The fourth-order valence-corrected chi connectivity index (χ4v) is 4.76. The van der Waals surface area contributed by atoms with E-state index in [-0.39, 0.29) is 29.1 Å². The van der Waals surface area contributed by atoms with Crippen LogP contribution < -0.4 is 10.6 Å². The van der Waals surface area contributed by atoms with Crippen molar-refractivity contribution in [1.82, 2.24) is 20.2 Å². The molecule has 1 aliphatic heterocycles. The zero-order valence-corrected chi connectivity index (χ0v) is 14.3. The molecule has 2 aliphatic rings. The van der Waals surface area contributed by atoms with Crippen molar-refractivity contribution in [2.24, 2.45) is 13.0 Å². The summed E-state index contributed by atoms with van der Waals surface area (Å²) >= 11 is 0. The summed E-state index contributed by atoms with van der Waals surface area (Å²) in [5.74, 6) is 1.28. The predicted molar refractivity (Wildman–Crippen MR) is 86.6 cm³/mol. The van der Waals surface area contributed by atoms with Crippen molar-refractivity contribution in [2.45, 2.75) is 49.9 Å². The van der Waals surface area contributed by atoms with Gasteiger partial charge in [-0.2, -0.15) is 0 Å². The molecule has 0 bridgehead atoms. The number of aryl methyl sites for hydroxylation is 1. The van der Waals surface area contributed by atoms with Crippen LogP contribution in [0.3, 0.4) is 0 Å². The van der Waals surface area contributed by atoms with Crippen LogP contribution in [0.1, 0.15) is 44.5 Å². The second kappa shape index (κ2) is 6.14. The molecule has 1 aliphatic carbocycles. The topological polar surface area (TPSA) is 93.1 Å². The van der Waals surface area contributed by atoms with Gasteiger partial charge in [0.2, 0.25) is 0 Å².